The zero-order chi connectivity index (χ0) is 7.19. The molecule has 1 fully saturated rings. The zero-order valence-electron chi connectivity index (χ0n) is 5.66. The number of sulfone groups is 1. The molecule has 10 heavy (non-hydrogen) atoms. The van der Waals surface area contributed by atoms with Crippen molar-refractivity contribution in [3.8, 4) is 0 Å². The van der Waals surface area contributed by atoms with Gasteiger partial charge in [0.05, 0.1) is 10.5 Å². The zero-order valence-corrected chi connectivity index (χ0v) is 6.47. The van der Waals surface area contributed by atoms with Gasteiger partial charge in [-0.1, -0.05) is 18.6 Å². The van der Waals surface area contributed by atoms with E-state index in [9.17, 15) is 8.42 Å². The van der Waals surface area contributed by atoms with Gasteiger partial charge in [-0.3, -0.25) is 0 Å². The molecule has 0 aromatic carbocycles. The fourth-order valence-corrected chi connectivity index (χ4v) is 3.79. The van der Waals surface area contributed by atoms with Gasteiger partial charge < -0.3 is 0 Å². The monoisotopic (exact) mass is 158 g/mol. The van der Waals surface area contributed by atoms with Crippen LogP contribution in [0.1, 0.15) is 19.3 Å². The van der Waals surface area contributed by atoms with Crippen LogP contribution in [-0.2, 0) is 9.84 Å². The van der Waals surface area contributed by atoms with Crippen molar-refractivity contribution >= 4 is 9.84 Å². The molecule has 0 spiro atoms. The highest BCUT2D eigenvalue weighted by Crippen LogP contribution is 2.32. The summed E-state index contributed by atoms with van der Waals surface area (Å²) in [7, 11) is -2.74. The third kappa shape index (κ3) is 0.669. The maximum atomic E-state index is 11.3. The maximum absolute atomic E-state index is 11.3. The predicted molar refractivity (Wildman–Crippen MR) is 39.5 cm³/mol. The summed E-state index contributed by atoms with van der Waals surface area (Å²) >= 11 is 0. The van der Waals surface area contributed by atoms with Gasteiger partial charge in [0.25, 0.3) is 0 Å². The molecule has 2 nitrogen and oxygen atoms in total. The van der Waals surface area contributed by atoms with E-state index in [1.807, 2.05) is 12.2 Å². The van der Waals surface area contributed by atoms with Gasteiger partial charge in [0, 0.05) is 0 Å². The molecule has 0 aromatic heterocycles. The van der Waals surface area contributed by atoms with Crippen molar-refractivity contribution in [2.75, 3.05) is 0 Å². The van der Waals surface area contributed by atoms with Crippen molar-refractivity contribution in [1.29, 1.82) is 0 Å². The lowest BCUT2D eigenvalue weighted by molar-refractivity contribution is 0.552. The third-order valence-corrected chi connectivity index (χ3v) is 4.84. The minimum absolute atomic E-state index is 0.133. The van der Waals surface area contributed by atoms with Gasteiger partial charge in [-0.15, -0.1) is 0 Å². The molecule has 0 N–H and O–H groups in total. The molecule has 2 heterocycles. The Morgan fingerprint density at radius 3 is 2.00 bits per heavy atom. The summed E-state index contributed by atoms with van der Waals surface area (Å²) in [4.78, 5) is 0. The van der Waals surface area contributed by atoms with E-state index in [2.05, 4.69) is 0 Å². The Balaban J connectivity index is 2.46. The van der Waals surface area contributed by atoms with Crippen LogP contribution in [0.25, 0.3) is 0 Å². The number of rotatable bonds is 0. The standard InChI is InChI=1S/C7H10O2S/c8-10(9)6-2-1-3-7(10)5-4-6/h4-7H,1-3H2. The van der Waals surface area contributed by atoms with E-state index in [-0.39, 0.29) is 10.5 Å². The average Bonchev–Trinajstić information content (AvgIpc) is 2.17. The Bertz CT molecular complexity index is 243. The van der Waals surface area contributed by atoms with Crippen molar-refractivity contribution in [3.63, 3.8) is 0 Å². The first-order chi connectivity index (χ1) is 4.71. The van der Waals surface area contributed by atoms with E-state index in [0.29, 0.717) is 0 Å². The molecule has 0 amide bonds. The number of hydrogen-bond acceptors (Lipinski definition) is 2. The van der Waals surface area contributed by atoms with Gasteiger partial charge in [-0.25, -0.2) is 8.42 Å². The molecule has 56 valence electrons. The molecule has 2 unspecified atom stereocenters. The molecular weight excluding hydrogens is 148 g/mol. The van der Waals surface area contributed by atoms with Gasteiger partial charge in [0.15, 0.2) is 9.84 Å². The Morgan fingerprint density at radius 2 is 1.60 bits per heavy atom. The molecule has 3 heteroatoms. The van der Waals surface area contributed by atoms with Crippen LogP contribution in [0.3, 0.4) is 0 Å². The molecule has 2 atom stereocenters. The second-order valence-corrected chi connectivity index (χ2v) is 5.37. The van der Waals surface area contributed by atoms with E-state index >= 15 is 0 Å². The Labute approximate surface area is 60.9 Å². The van der Waals surface area contributed by atoms with E-state index in [0.717, 1.165) is 19.3 Å². The van der Waals surface area contributed by atoms with E-state index < -0.39 is 9.84 Å². The molecular formula is C7H10O2S. The normalized spacial score (nSPS) is 42.0. The molecule has 2 bridgehead atoms. The quantitative estimate of drug-likeness (QED) is 0.491. The van der Waals surface area contributed by atoms with Crippen molar-refractivity contribution in [3.05, 3.63) is 12.2 Å². The minimum atomic E-state index is -2.74. The van der Waals surface area contributed by atoms with Crippen LogP contribution >= 0.6 is 0 Å². The molecule has 2 aliphatic rings. The summed E-state index contributed by atoms with van der Waals surface area (Å²) in [5.41, 5.74) is 0. The summed E-state index contributed by atoms with van der Waals surface area (Å²) in [6.07, 6.45) is 6.46. The fourth-order valence-electron chi connectivity index (χ4n) is 1.73. The van der Waals surface area contributed by atoms with Gasteiger partial charge in [0.1, 0.15) is 0 Å². The van der Waals surface area contributed by atoms with Gasteiger partial charge in [0.2, 0.25) is 0 Å². The number of fused-ring (bicyclic) bond motifs is 2. The van der Waals surface area contributed by atoms with E-state index in [1.54, 1.807) is 0 Å². The second-order valence-electron chi connectivity index (χ2n) is 2.98. The van der Waals surface area contributed by atoms with Crippen molar-refractivity contribution < 1.29 is 8.42 Å². The summed E-state index contributed by atoms with van der Waals surface area (Å²) in [5.74, 6) is 0. The lowest BCUT2D eigenvalue weighted by Crippen LogP contribution is -2.28. The van der Waals surface area contributed by atoms with Gasteiger partial charge in [-0.05, 0) is 12.8 Å². The van der Waals surface area contributed by atoms with Crippen LogP contribution in [0, 0.1) is 0 Å². The second kappa shape index (κ2) is 1.84. The molecule has 2 aliphatic heterocycles. The highest BCUT2D eigenvalue weighted by atomic mass is 32.2. The summed E-state index contributed by atoms with van der Waals surface area (Å²) < 4.78 is 22.6. The number of hydrogen-bond donors (Lipinski definition) is 0. The first-order valence-electron chi connectivity index (χ1n) is 3.62. The largest absolute Gasteiger partial charge is 0.228 e. The van der Waals surface area contributed by atoms with Crippen molar-refractivity contribution in [2.24, 2.45) is 0 Å². The van der Waals surface area contributed by atoms with Crippen LogP contribution in [-0.4, -0.2) is 18.9 Å². The fraction of sp³-hybridized carbons (Fsp3) is 0.714. The Hall–Kier alpha value is -0.310. The minimum Gasteiger partial charge on any atom is -0.228 e. The summed E-state index contributed by atoms with van der Waals surface area (Å²) in [6.45, 7) is 0. The summed E-state index contributed by atoms with van der Waals surface area (Å²) in [5, 5.41) is -0.266. The summed E-state index contributed by atoms with van der Waals surface area (Å²) in [6, 6.07) is 0. The van der Waals surface area contributed by atoms with Crippen molar-refractivity contribution in [2.45, 2.75) is 29.8 Å². The highest BCUT2D eigenvalue weighted by molar-refractivity contribution is 7.93. The van der Waals surface area contributed by atoms with Crippen LogP contribution in [0.2, 0.25) is 0 Å². The van der Waals surface area contributed by atoms with Crippen LogP contribution in [0.5, 0.6) is 0 Å². The Morgan fingerprint density at radius 1 is 1.10 bits per heavy atom. The molecule has 0 saturated carbocycles. The molecule has 2 rings (SSSR count). The first-order valence-corrected chi connectivity index (χ1v) is 5.23. The van der Waals surface area contributed by atoms with Crippen LogP contribution in [0.4, 0.5) is 0 Å². The van der Waals surface area contributed by atoms with Crippen LogP contribution < -0.4 is 0 Å². The SMILES string of the molecule is O=S1(=O)C2C=CC1CCC2. The first kappa shape index (κ1) is 6.40. The molecule has 0 aromatic rings. The average molecular weight is 158 g/mol. The van der Waals surface area contributed by atoms with Crippen molar-refractivity contribution in [1.82, 2.24) is 0 Å². The topological polar surface area (TPSA) is 34.1 Å². The third-order valence-electron chi connectivity index (χ3n) is 2.36. The molecule has 0 aliphatic carbocycles. The highest BCUT2D eigenvalue weighted by Gasteiger charge is 2.38. The van der Waals surface area contributed by atoms with Gasteiger partial charge >= 0.3 is 0 Å². The van der Waals surface area contributed by atoms with Crippen LogP contribution in [0.15, 0.2) is 12.2 Å². The van der Waals surface area contributed by atoms with Gasteiger partial charge in [-0.2, -0.15) is 0 Å². The maximum Gasteiger partial charge on any atom is 0.163 e. The predicted octanol–water partition coefficient (Wildman–Crippen LogP) is 0.892. The smallest absolute Gasteiger partial charge is 0.163 e. The lowest BCUT2D eigenvalue weighted by atomic mass is 10.2. The van der Waals surface area contributed by atoms with E-state index in [1.165, 1.54) is 0 Å². The molecule has 1 saturated heterocycles. The molecule has 0 radical (unpaired) electrons. The van der Waals surface area contributed by atoms with E-state index in [4.69, 9.17) is 0 Å². The Kier molecular flexibility index (Phi) is 1.18. The lowest BCUT2D eigenvalue weighted by Gasteiger charge is -2.18.